The Bertz CT molecular complexity index is 498. The Balaban J connectivity index is 2.20. The second-order valence-electron chi connectivity index (χ2n) is 5.23. The molecule has 0 atom stereocenters. The molecule has 2 N–H and O–H groups in total. The Labute approximate surface area is 112 Å². The highest BCUT2D eigenvalue weighted by Crippen LogP contribution is 2.29. The Morgan fingerprint density at radius 3 is 2.37 bits per heavy atom. The maximum Gasteiger partial charge on any atom is 0.329 e. The Kier molecular flexibility index (Phi) is 3.64. The summed E-state index contributed by atoms with van der Waals surface area (Å²) in [5, 5.41) is 12.1. The summed E-state index contributed by atoms with van der Waals surface area (Å²) in [7, 11) is 0. The van der Waals surface area contributed by atoms with Crippen molar-refractivity contribution in [1.82, 2.24) is 5.32 Å². The van der Waals surface area contributed by atoms with E-state index in [0.717, 1.165) is 19.3 Å². The fraction of sp³-hybridized carbons (Fsp3) is 0.571. The highest BCUT2D eigenvalue weighted by Gasteiger charge is 2.41. The lowest BCUT2D eigenvalue weighted by atomic mass is 9.81. The molecule has 0 aromatic carbocycles. The summed E-state index contributed by atoms with van der Waals surface area (Å²) < 4.78 is 5.31. The van der Waals surface area contributed by atoms with Crippen LogP contribution in [0.2, 0.25) is 0 Å². The highest BCUT2D eigenvalue weighted by molar-refractivity contribution is 5.98. The van der Waals surface area contributed by atoms with Crippen LogP contribution in [0.4, 0.5) is 0 Å². The topological polar surface area (TPSA) is 79.5 Å². The smallest absolute Gasteiger partial charge is 0.329 e. The number of hydrogen-bond donors (Lipinski definition) is 2. The van der Waals surface area contributed by atoms with Gasteiger partial charge in [0.1, 0.15) is 17.1 Å². The van der Waals surface area contributed by atoms with E-state index in [1.165, 1.54) is 0 Å². The summed E-state index contributed by atoms with van der Waals surface area (Å²) in [4.78, 5) is 23.7. The van der Waals surface area contributed by atoms with Gasteiger partial charge in [-0.15, -0.1) is 0 Å². The molecule has 1 aliphatic carbocycles. The molecule has 104 valence electrons. The van der Waals surface area contributed by atoms with Crippen LogP contribution in [0.25, 0.3) is 0 Å². The molecule has 5 heteroatoms. The van der Waals surface area contributed by atoms with E-state index in [1.807, 2.05) is 0 Å². The number of carboxylic acid groups (broad SMARTS) is 1. The van der Waals surface area contributed by atoms with Crippen molar-refractivity contribution in [3.05, 3.63) is 23.2 Å². The maximum atomic E-state index is 12.2. The summed E-state index contributed by atoms with van der Waals surface area (Å²) >= 11 is 0. The first-order valence-corrected chi connectivity index (χ1v) is 6.57. The largest absolute Gasteiger partial charge is 0.480 e. The average Bonchev–Trinajstić information content (AvgIpc) is 2.69. The van der Waals surface area contributed by atoms with E-state index in [1.54, 1.807) is 19.9 Å². The van der Waals surface area contributed by atoms with Crippen LogP contribution >= 0.6 is 0 Å². The van der Waals surface area contributed by atoms with Crippen LogP contribution < -0.4 is 5.32 Å². The van der Waals surface area contributed by atoms with Crippen LogP contribution in [-0.4, -0.2) is 22.5 Å². The number of carbonyl (C=O) groups excluding carboxylic acids is 1. The molecule has 1 aliphatic rings. The standard InChI is InChI=1S/C14H19NO4/c1-9-8-11(10(2)19-9)12(16)15-14(13(17)18)6-4-3-5-7-14/h8H,3-7H2,1-2H3,(H,15,16)(H,17,18). The second kappa shape index (κ2) is 5.07. The van der Waals surface area contributed by atoms with Crippen LogP contribution in [0.3, 0.4) is 0 Å². The molecule has 1 heterocycles. The number of aryl methyl sites for hydroxylation is 2. The van der Waals surface area contributed by atoms with Crippen molar-refractivity contribution in [1.29, 1.82) is 0 Å². The van der Waals surface area contributed by atoms with Crippen LogP contribution in [0.5, 0.6) is 0 Å². The summed E-state index contributed by atoms with van der Waals surface area (Å²) in [5.74, 6) is -0.140. The molecule has 0 saturated heterocycles. The van der Waals surface area contributed by atoms with Gasteiger partial charge in [-0.25, -0.2) is 4.79 Å². The molecule has 1 saturated carbocycles. The van der Waals surface area contributed by atoms with Crippen LogP contribution in [0.1, 0.15) is 54.0 Å². The van der Waals surface area contributed by atoms with Crippen molar-refractivity contribution in [3.8, 4) is 0 Å². The molecule has 2 rings (SSSR count). The lowest BCUT2D eigenvalue weighted by Crippen LogP contribution is -2.55. The first kappa shape index (κ1) is 13.6. The zero-order valence-corrected chi connectivity index (χ0v) is 11.3. The van der Waals surface area contributed by atoms with Crippen LogP contribution in [-0.2, 0) is 4.79 Å². The van der Waals surface area contributed by atoms with Gasteiger partial charge >= 0.3 is 5.97 Å². The zero-order valence-electron chi connectivity index (χ0n) is 11.3. The van der Waals surface area contributed by atoms with Crippen molar-refractivity contribution >= 4 is 11.9 Å². The van der Waals surface area contributed by atoms with E-state index in [2.05, 4.69) is 5.32 Å². The lowest BCUT2D eigenvalue weighted by Gasteiger charge is -2.33. The predicted molar refractivity (Wildman–Crippen MR) is 69.1 cm³/mol. The number of carbonyl (C=O) groups is 2. The lowest BCUT2D eigenvalue weighted by molar-refractivity contribution is -0.145. The predicted octanol–water partition coefficient (Wildman–Crippen LogP) is 2.41. The zero-order chi connectivity index (χ0) is 14.0. The molecule has 1 aromatic heterocycles. The number of nitrogens with one attached hydrogen (secondary N) is 1. The fourth-order valence-corrected chi connectivity index (χ4v) is 2.69. The first-order valence-electron chi connectivity index (χ1n) is 6.57. The van der Waals surface area contributed by atoms with E-state index < -0.39 is 11.5 Å². The molecule has 5 nitrogen and oxygen atoms in total. The van der Waals surface area contributed by atoms with E-state index in [-0.39, 0.29) is 5.91 Å². The van der Waals surface area contributed by atoms with E-state index in [9.17, 15) is 14.7 Å². The third-order valence-corrected chi connectivity index (χ3v) is 3.75. The van der Waals surface area contributed by atoms with Gasteiger partial charge in [-0.05, 0) is 32.8 Å². The van der Waals surface area contributed by atoms with Crippen molar-refractivity contribution in [2.75, 3.05) is 0 Å². The molecule has 0 aliphatic heterocycles. The molecular weight excluding hydrogens is 246 g/mol. The quantitative estimate of drug-likeness (QED) is 0.879. The average molecular weight is 265 g/mol. The summed E-state index contributed by atoms with van der Waals surface area (Å²) in [6, 6.07) is 1.64. The van der Waals surface area contributed by atoms with Gasteiger partial charge in [0.15, 0.2) is 0 Å². The summed E-state index contributed by atoms with van der Waals surface area (Å²) in [6.07, 6.45) is 3.66. The molecule has 1 fully saturated rings. The number of carboxylic acids is 1. The number of rotatable bonds is 3. The van der Waals surface area contributed by atoms with Gasteiger partial charge in [0, 0.05) is 0 Å². The molecule has 1 amide bonds. The summed E-state index contributed by atoms with van der Waals surface area (Å²) in [6.45, 7) is 3.47. The molecular formula is C14H19NO4. The summed E-state index contributed by atoms with van der Waals surface area (Å²) in [5.41, 5.74) is -0.698. The van der Waals surface area contributed by atoms with Gasteiger partial charge in [-0.1, -0.05) is 19.3 Å². The Morgan fingerprint density at radius 1 is 1.26 bits per heavy atom. The van der Waals surface area contributed by atoms with Crippen molar-refractivity contribution < 1.29 is 19.1 Å². The number of hydrogen-bond acceptors (Lipinski definition) is 3. The third-order valence-electron chi connectivity index (χ3n) is 3.75. The SMILES string of the molecule is Cc1cc(C(=O)NC2(C(=O)O)CCCCC2)c(C)o1. The van der Waals surface area contributed by atoms with E-state index in [4.69, 9.17) is 4.42 Å². The van der Waals surface area contributed by atoms with Gasteiger partial charge in [0.2, 0.25) is 0 Å². The van der Waals surface area contributed by atoms with Gasteiger partial charge in [-0.2, -0.15) is 0 Å². The van der Waals surface area contributed by atoms with Crippen LogP contribution in [0, 0.1) is 13.8 Å². The third kappa shape index (κ3) is 2.64. The number of furan rings is 1. The minimum atomic E-state index is -1.12. The molecule has 19 heavy (non-hydrogen) atoms. The van der Waals surface area contributed by atoms with E-state index >= 15 is 0 Å². The second-order valence-corrected chi connectivity index (χ2v) is 5.23. The first-order chi connectivity index (χ1) is 8.94. The minimum Gasteiger partial charge on any atom is -0.480 e. The highest BCUT2D eigenvalue weighted by atomic mass is 16.4. The Hall–Kier alpha value is -1.78. The van der Waals surface area contributed by atoms with Gasteiger partial charge < -0.3 is 14.8 Å². The normalized spacial score (nSPS) is 18.0. The van der Waals surface area contributed by atoms with E-state index in [0.29, 0.717) is 29.9 Å². The van der Waals surface area contributed by atoms with Gasteiger partial charge in [-0.3, -0.25) is 4.79 Å². The van der Waals surface area contributed by atoms with Crippen molar-refractivity contribution in [2.24, 2.45) is 0 Å². The van der Waals surface area contributed by atoms with Gasteiger partial charge in [0.25, 0.3) is 5.91 Å². The monoisotopic (exact) mass is 265 g/mol. The maximum absolute atomic E-state index is 12.2. The van der Waals surface area contributed by atoms with Crippen molar-refractivity contribution in [2.45, 2.75) is 51.5 Å². The number of amides is 1. The Morgan fingerprint density at radius 2 is 1.89 bits per heavy atom. The van der Waals surface area contributed by atoms with Gasteiger partial charge in [0.05, 0.1) is 5.56 Å². The van der Waals surface area contributed by atoms with Crippen LogP contribution in [0.15, 0.2) is 10.5 Å². The molecule has 0 spiro atoms. The van der Waals surface area contributed by atoms with Crippen molar-refractivity contribution in [3.63, 3.8) is 0 Å². The fourth-order valence-electron chi connectivity index (χ4n) is 2.69. The molecule has 0 radical (unpaired) electrons. The molecule has 0 bridgehead atoms. The minimum absolute atomic E-state index is 0.362. The molecule has 1 aromatic rings. The number of aliphatic carboxylic acids is 1. The molecule has 0 unspecified atom stereocenters.